The van der Waals surface area contributed by atoms with Gasteiger partial charge < -0.3 is 9.88 Å². The van der Waals surface area contributed by atoms with Gasteiger partial charge in [0, 0.05) is 18.9 Å². The lowest BCUT2D eigenvalue weighted by atomic mass is 10.1. The summed E-state index contributed by atoms with van der Waals surface area (Å²) >= 11 is 0. The third-order valence-electron chi connectivity index (χ3n) is 3.89. The molecule has 7 nitrogen and oxygen atoms in total. The molecule has 0 saturated heterocycles. The lowest BCUT2D eigenvalue weighted by molar-refractivity contribution is -0.116. The van der Waals surface area contributed by atoms with Crippen LogP contribution in [-0.2, 0) is 27.8 Å². The summed E-state index contributed by atoms with van der Waals surface area (Å²) in [5.74, 6) is -0.153. The van der Waals surface area contributed by atoms with Gasteiger partial charge >= 0.3 is 0 Å². The minimum atomic E-state index is -3.22. The predicted octanol–water partition coefficient (Wildman–Crippen LogP) is 1.77. The lowest BCUT2D eigenvalue weighted by Crippen LogP contribution is -2.24. The molecule has 0 bridgehead atoms. The first kappa shape index (κ1) is 18.1. The van der Waals surface area contributed by atoms with Crippen LogP contribution in [0.4, 0.5) is 5.69 Å². The Morgan fingerprint density at radius 1 is 1.19 bits per heavy atom. The van der Waals surface area contributed by atoms with Gasteiger partial charge in [0.15, 0.2) is 0 Å². The van der Waals surface area contributed by atoms with Crippen LogP contribution in [-0.4, -0.2) is 36.7 Å². The average Bonchev–Trinajstić information content (AvgIpc) is 2.98. The first-order valence-corrected chi connectivity index (χ1v) is 10.0. The number of carbonyl (C=O) groups excluding carboxylic acids is 1. The Bertz CT molecular complexity index is 1010. The van der Waals surface area contributed by atoms with E-state index in [9.17, 15) is 13.2 Å². The number of nitrogens with zero attached hydrogens (tertiary/aromatic N) is 2. The molecule has 1 amide bonds. The monoisotopic (exact) mass is 372 g/mol. The second-order valence-electron chi connectivity index (χ2n) is 6.00. The standard InChI is InChI=1S/C18H20N4O3S/c1-26(24,25)20-10-7-14-4-2-5-15-8-11-22(18(14)15)13-17(23)21-16-6-3-9-19-12-16/h2-6,8-9,11-12,20H,7,10,13H2,1H3,(H,21,23). The molecule has 26 heavy (non-hydrogen) atoms. The molecule has 0 saturated carbocycles. The molecule has 0 atom stereocenters. The molecule has 2 heterocycles. The normalized spacial score (nSPS) is 11.6. The number of anilines is 1. The van der Waals surface area contributed by atoms with Crippen LogP contribution in [0, 0.1) is 0 Å². The smallest absolute Gasteiger partial charge is 0.244 e. The molecule has 0 aliphatic carbocycles. The van der Waals surface area contributed by atoms with Crippen molar-refractivity contribution in [3.05, 3.63) is 60.6 Å². The van der Waals surface area contributed by atoms with Gasteiger partial charge in [-0.15, -0.1) is 0 Å². The molecule has 0 radical (unpaired) electrons. The summed E-state index contributed by atoms with van der Waals surface area (Å²) in [4.78, 5) is 16.3. The van der Waals surface area contributed by atoms with Crippen LogP contribution in [0.2, 0.25) is 0 Å². The minimum absolute atomic E-state index is 0.153. The second kappa shape index (κ2) is 7.67. The van der Waals surface area contributed by atoms with E-state index in [1.807, 2.05) is 35.0 Å². The highest BCUT2D eigenvalue weighted by Gasteiger charge is 2.11. The third-order valence-corrected chi connectivity index (χ3v) is 4.62. The van der Waals surface area contributed by atoms with Crippen LogP contribution < -0.4 is 10.0 Å². The SMILES string of the molecule is CS(=O)(=O)NCCc1cccc2ccn(CC(=O)Nc3cccnc3)c12. The van der Waals surface area contributed by atoms with Crippen molar-refractivity contribution in [2.75, 3.05) is 18.1 Å². The van der Waals surface area contributed by atoms with Gasteiger partial charge in [0.25, 0.3) is 0 Å². The minimum Gasteiger partial charge on any atom is -0.338 e. The Morgan fingerprint density at radius 2 is 2.04 bits per heavy atom. The largest absolute Gasteiger partial charge is 0.338 e. The Kier molecular flexibility index (Phi) is 5.34. The molecule has 0 aliphatic rings. The fourth-order valence-electron chi connectivity index (χ4n) is 2.84. The number of pyridine rings is 1. The zero-order valence-corrected chi connectivity index (χ0v) is 15.2. The highest BCUT2D eigenvalue weighted by molar-refractivity contribution is 7.88. The number of para-hydroxylation sites is 1. The van der Waals surface area contributed by atoms with Crippen molar-refractivity contribution in [3.63, 3.8) is 0 Å². The second-order valence-corrected chi connectivity index (χ2v) is 7.84. The van der Waals surface area contributed by atoms with Crippen molar-refractivity contribution in [2.24, 2.45) is 0 Å². The number of nitrogens with one attached hydrogen (secondary N) is 2. The number of carbonyl (C=O) groups is 1. The molecule has 136 valence electrons. The fraction of sp³-hybridized carbons (Fsp3) is 0.222. The molecule has 1 aromatic carbocycles. The predicted molar refractivity (Wildman–Crippen MR) is 101 cm³/mol. The Morgan fingerprint density at radius 3 is 2.77 bits per heavy atom. The van der Waals surface area contributed by atoms with E-state index in [1.165, 1.54) is 0 Å². The van der Waals surface area contributed by atoms with Crippen molar-refractivity contribution in [1.82, 2.24) is 14.3 Å². The molecule has 3 rings (SSSR count). The summed E-state index contributed by atoms with van der Waals surface area (Å²) in [7, 11) is -3.22. The van der Waals surface area contributed by atoms with Crippen LogP contribution in [0.25, 0.3) is 10.9 Å². The summed E-state index contributed by atoms with van der Waals surface area (Å²) in [5, 5.41) is 3.82. The summed E-state index contributed by atoms with van der Waals surface area (Å²) in [5.41, 5.74) is 2.56. The van der Waals surface area contributed by atoms with Gasteiger partial charge in [-0.3, -0.25) is 9.78 Å². The zero-order valence-electron chi connectivity index (χ0n) is 14.3. The molecule has 2 aromatic heterocycles. The maximum atomic E-state index is 12.3. The molecule has 0 fully saturated rings. The van der Waals surface area contributed by atoms with E-state index in [-0.39, 0.29) is 12.5 Å². The van der Waals surface area contributed by atoms with Gasteiger partial charge in [0.05, 0.1) is 23.7 Å². The van der Waals surface area contributed by atoms with Gasteiger partial charge in [-0.1, -0.05) is 18.2 Å². The van der Waals surface area contributed by atoms with Gasteiger partial charge in [0.1, 0.15) is 6.54 Å². The highest BCUT2D eigenvalue weighted by atomic mass is 32.2. The maximum Gasteiger partial charge on any atom is 0.244 e. The first-order valence-electron chi connectivity index (χ1n) is 8.13. The number of sulfonamides is 1. The van der Waals surface area contributed by atoms with E-state index in [0.717, 1.165) is 22.7 Å². The van der Waals surface area contributed by atoms with Gasteiger partial charge in [0.2, 0.25) is 15.9 Å². The first-order chi connectivity index (χ1) is 12.4. The van der Waals surface area contributed by atoms with E-state index in [1.54, 1.807) is 24.5 Å². The molecular weight excluding hydrogens is 352 g/mol. The van der Waals surface area contributed by atoms with Crippen molar-refractivity contribution >= 4 is 32.5 Å². The van der Waals surface area contributed by atoms with Gasteiger partial charge in [-0.2, -0.15) is 0 Å². The summed E-state index contributed by atoms with van der Waals surface area (Å²) in [6.45, 7) is 0.472. The van der Waals surface area contributed by atoms with Gasteiger partial charge in [-0.05, 0) is 35.6 Å². The van der Waals surface area contributed by atoms with E-state index in [4.69, 9.17) is 0 Å². The van der Waals surface area contributed by atoms with Crippen molar-refractivity contribution in [3.8, 4) is 0 Å². The lowest BCUT2D eigenvalue weighted by Gasteiger charge is -2.11. The number of fused-ring (bicyclic) bond motifs is 1. The van der Waals surface area contributed by atoms with E-state index in [0.29, 0.717) is 18.7 Å². The average molecular weight is 372 g/mol. The van der Waals surface area contributed by atoms with E-state index in [2.05, 4.69) is 15.0 Å². The van der Waals surface area contributed by atoms with Crippen molar-refractivity contribution < 1.29 is 13.2 Å². The molecular formula is C18H20N4O3S. The fourth-order valence-corrected chi connectivity index (χ4v) is 3.31. The number of benzene rings is 1. The van der Waals surface area contributed by atoms with Crippen LogP contribution in [0.15, 0.2) is 55.0 Å². The van der Waals surface area contributed by atoms with Gasteiger partial charge in [-0.25, -0.2) is 13.1 Å². The molecule has 0 spiro atoms. The Labute approximate surface area is 152 Å². The molecule has 2 N–H and O–H groups in total. The van der Waals surface area contributed by atoms with Crippen molar-refractivity contribution in [1.29, 1.82) is 0 Å². The summed E-state index contributed by atoms with van der Waals surface area (Å²) in [6.07, 6.45) is 6.78. The molecule has 8 heteroatoms. The summed E-state index contributed by atoms with van der Waals surface area (Å²) < 4.78 is 26.9. The van der Waals surface area contributed by atoms with Crippen LogP contribution in [0.1, 0.15) is 5.56 Å². The molecule has 0 unspecified atom stereocenters. The zero-order chi connectivity index (χ0) is 18.6. The van der Waals surface area contributed by atoms with Crippen LogP contribution in [0.3, 0.4) is 0 Å². The van der Waals surface area contributed by atoms with Crippen LogP contribution in [0.5, 0.6) is 0 Å². The number of hydrogen-bond donors (Lipinski definition) is 2. The highest BCUT2D eigenvalue weighted by Crippen LogP contribution is 2.21. The topological polar surface area (TPSA) is 93.1 Å². The molecule has 0 aliphatic heterocycles. The van der Waals surface area contributed by atoms with Crippen molar-refractivity contribution in [2.45, 2.75) is 13.0 Å². The number of amides is 1. The Hall–Kier alpha value is -2.71. The van der Waals surface area contributed by atoms with Crippen LogP contribution >= 0.6 is 0 Å². The summed E-state index contributed by atoms with van der Waals surface area (Å²) in [6, 6.07) is 11.3. The number of aromatic nitrogens is 2. The van der Waals surface area contributed by atoms with E-state index >= 15 is 0 Å². The Balaban J connectivity index is 1.77. The maximum absolute atomic E-state index is 12.3. The third kappa shape index (κ3) is 4.68. The number of rotatable bonds is 7. The quantitative estimate of drug-likeness (QED) is 0.661. The molecule has 3 aromatic rings. The van der Waals surface area contributed by atoms with E-state index < -0.39 is 10.0 Å². The number of hydrogen-bond acceptors (Lipinski definition) is 4.